The van der Waals surface area contributed by atoms with Crippen LogP contribution >= 0.6 is 0 Å². The van der Waals surface area contributed by atoms with Gasteiger partial charge in [-0.05, 0) is 19.8 Å². The van der Waals surface area contributed by atoms with Crippen LogP contribution in [-0.4, -0.2) is 43.2 Å². The monoisotopic (exact) mass is 393 g/mol. The predicted molar refractivity (Wildman–Crippen MR) is 85.8 cm³/mol. The molecule has 0 bridgehead atoms. The molecule has 0 aromatic carbocycles. The highest BCUT2D eigenvalue weighted by Gasteiger charge is 2.65. The number of alkyl halides is 2. The van der Waals surface area contributed by atoms with E-state index < -0.39 is 60.2 Å². The van der Waals surface area contributed by atoms with Crippen molar-refractivity contribution < 1.29 is 35.0 Å². The number of carbonyl (C=O) groups is 1. The molecule has 24 heavy (non-hydrogen) atoms. The molecule has 0 aliphatic rings. The smallest absolute Gasteiger partial charge is 0.285 e. The minimum Gasteiger partial charge on any atom is -0.285 e. The van der Waals surface area contributed by atoms with Gasteiger partial charge in [-0.15, -0.1) is 0 Å². The van der Waals surface area contributed by atoms with Crippen molar-refractivity contribution in [2.45, 2.75) is 70.3 Å². The summed E-state index contributed by atoms with van der Waals surface area (Å²) >= 11 is 0. The molecule has 0 aliphatic carbocycles. The number of nitrogens with one attached hydrogen (secondary N) is 1. The average molecular weight is 393 g/mol. The van der Waals surface area contributed by atoms with E-state index in [1.807, 2.05) is 0 Å². The van der Waals surface area contributed by atoms with Gasteiger partial charge in [0.15, 0.2) is 10.00 Å². The van der Waals surface area contributed by atoms with Crippen molar-refractivity contribution in [1.29, 1.82) is 0 Å². The average Bonchev–Trinajstić information content (AvgIpc) is 2.34. The molecule has 0 spiro atoms. The lowest BCUT2D eigenvalue weighted by molar-refractivity contribution is -0.126. The van der Waals surface area contributed by atoms with Gasteiger partial charge in [0, 0.05) is 5.41 Å². The normalized spacial score (nSPS) is 17.9. The molecule has 2 unspecified atom stereocenters. The van der Waals surface area contributed by atoms with E-state index in [0.29, 0.717) is 6.92 Å². The molecule has 0 saturated heterocycles. The zero-order valence-corrected chi connectivity index (χ0v) is 16.2. The van der Waals surface area contributed by atoms with Gasteiger partial charge in [0.25, 0.3) is 16.0 Å². The number of rotatable bonds is 7. The SMILES string of the molecule is CCC(C(F)(F)C(C)(CC)S(=O)(=O)NC(=O)C(C)(C)C)S(=O)(=O)O. The highest BCUT2D eigenvalue weighted by Crippen LogP contribution is 2.43. The molecular weight excluding hydrogens is 368 g/mol. The van der Waals surface area contributed by atoms with Crippen LogP contribution in [0.15, 0.2) is 0 Å². The quantitative estimate of drug-likeness (QED) is 0.638. The Balaban J connectivity index is 6.22. The molecule has 0 aromatic rings. The second kappa shape index (κ2) is 6.83. The lowest BCUT2D eigenvalue weighted by atomic mass is 9.95. The van der Waals surface area contributed by atoms with E-state index in [4.69, 9.17) is 4.55 Å². The van der Waals surface area contributed by atoms with Crippen molar-refractivity contribution in [3.05, 3.63) is 0 Å². The minimum absolute atomic E-state index is 0.652. The number of carbonyl (C=O) groups excluding carboxylic acids is 1. The molecule has 0 radical (unpaired) electrons. The van der Waals surface area contributed by atoms with E-state index in [1.165, 1.54) is 20.8 Å². The van der Waals surface area contributed by atoms with Gasteiger partial charge < -0.3 is 0 Å². The number of amides is 1. The van der Waals surface area contributed by atoms with Crippen molar-refractivity contribution >= 4 is 26.0 Å². The largest absolute Gasteiger partial charge is 0.287 e. The van der Waals surface area contributed by atoms with Gasteiger partial charge in [-0.1, -0.05) is 34.6 Å². The van der Waals surface area contributed by atoms with E-state index in [2.05, 4.69) is 0 Å². The van der Waals surface area contributed by atoms with Crippen LogP contribution in [0.25, 0.3) is 0 Å². The number of halogens is 2. The van der Waals surface area contributed by atoms with E-state index in [9.17, 15) is 30.4 Å². The molecule has 0 heterocycles. The summed E-state index contributed by atoms with van der Waals surface area (Å²) < 4.78 is 84.8. The van der Waals surface area contributed by atoms with Gasteiger partial charge in [0.1, 0.15) is 0 Å². The Morgan fingerprint density at radius 3 is 1.75 bits per heavy atom. The van der Waals surface area contributed by atoms with Crippen molar-refractivity contribution in [1.82, 2.24) is 4.72 Å². The second-order valence-corrected chi connectivity index (χ2v) is 10.5. The Hall–Kier alpha value is -0.810. The summed E-state index contributed by atoms with van der Waals surface area (Å²) in [6, 6.07) is 0. The maximum absolute atomic E-state index is 14.8. The predicted octanol–water partition coefficient (Wildman–Crippen LogP) is 1.95. The molecule has 0 aromatic heterocycles. The highest BCUT2D eigenvalue weighted by molar-refractivity contribution is 7.91. The van der Waals surface area contributed by atoms with Crippen molar-refractivity contribution in [3.8, 4) is 0 Å². The van der Waals surface area contributed by atoms with Crippen LogP contribution in [0.4, 0.5) is 8.78 Å². The first kappa shape index (κ1) is 23.2. The molecular formula is C13H25F2NO6S2. The number of hydrogen-bond donors (Lipinski definition) is 2. The number of sulfonamides is 1. The van der Waals surface area contributed by atoms with Crippen molar-refractivity contribution in [2.75, 3.05) is 0 Å². The first-order valence-electron chi connectivity index (χ1n) is 7.29. The number of hydrogen-bond acceptors (Lipinski definition) is 5. The Bertz CT molecular complexity index is 682. The molecule has 1 amide bonds. The van der Waals surface area contributed by atoms with Crippen molar-refractivity contribution in [3.63, 3.8) is 0 Å². The molecule has 7 nitrogen and oxygen atoms in total. The molecule has 0 fully saturated rings. The van der Waals surface area contributed by atoms with Gasteiger partial charge in [-0.3, -0.25) is 14.1 Å². The maximum Gasteiger partial charge on any atom is 0.287 e. The van der Waals surface area contributed by atoms with Gasteiger partial charge in [-0.2, -0.15) is 8.42 Å². The summed E-state index contributed by atoms with van der Waals surface area (Å²) in [5, 5.41) is -2.61. The van der Waals surface area contributed by atoms with Crippen LogP contribution in [0.1, 0.15) is 54.4 Å². The minimum atomic E-state index is -5.21. The van der Waals surface area contributed by atoms with E-state index in [-0.39, 0.29) is 0 Å². The third-order valence-electron chi connectivity index (χ3n) is 4.02. The summed E-state index contributed by atoms with van der Waals surface area (Å²) in [6.07, 6.45) is -1.39. The first-order chi connectivity index (χ1) is 10.4. The zero-order chi connectivity index (χ0) is 19.8. The molecule has 11 heteroatoms. The first-order valence-corrected chi connectivity index (χ1v) is 10.3. The third-order valence-corrected chi connectivity index (χ3v) is 7.57. The Kier molecular flexibility index (Phi) is 6.60. The molecule has 0 rings (SSSR count). The Morgan fingerprint density at radius 2 is 1.50 bits per heavy atom. The lowest BCUT2D eigenvalue weighted by Crippen LogP contribution is -2.63. The summed E-state index contributed by atoms with van der Waals surface area (Å²) in [6.45, 7) is 7.05. The lowest BCUT2D eigenvalue weighted by Gasteiger charge is -2.39. The maximum atomic E-state index is 14.8. The summed E-state index contributed by atoms with van der Waals surface area (Å²) in [7, 11) is -10.2. The summed E-state index contributed by atoms with van der Waals surface area (Å²) in [5.74, 6) is -5.34. The fraction of sp³-hybridized carbons (Fsp3) is 0.923. The standard InChI is InChI=1S/C13H25F2NO6S2/c1-7-9(23(18,19)20)13(14,15)12(6,8-2)24(21,22)16-10(17)11(3,4)5/h9H,7-8H2,1-6H3,(H,16,17)(H,18,19,20). The summed E-state index contributed by atoms with van der Waals surface area (Å²) in [4.78, 5) is 11.9. The van der Waals surface area contributed by atoms with E-state index in [1.54, 1.807) is 4.72 Å². The van der Waals surface area contributed by atoms with Gasteiger partial charge in [0.05, 0.1) is 0 Å². The third kappa shape index (κ3) is 4.23. The second-order valence-electron chi connectivity index (χ2n) is 6.80. The van der Waals surface area contributed by atoms with E-state index >= 15 is 0 Å². The van der Waals surface area contributed by atoms with Crippen LogP contribution in [0.5, 0.6) is 0 Å². The van der Waals surface area contributed by atoms with Crippen LogP contribution < -0.4 is 4.72 Å². The van der Waals surface area contributed by atoms with Gasteiger partial charge >= 0.3 is 0 Å². The van der Waals surface area contributed by atoms with Crippen LogP contribution in [0.2, 0.25) is 0 Å². The van der Waals surface area contributed by atoms with E-state index in [0.717, 1.165) is 13.8 Å². The zero-order valence-electron chi connectivity index (χ0n) is 14.6. The van der Waals surface area contributed by atoms with Crippen LogP contribution in [-0.2, 0) is 24.9 Å². The van der Waals surface area contributed by atoms with Crippen molar-refractivity contribution in [2.24, 2.45) is 5.41 Å². The van der Waals surface area contributed by atoms with Crippen LogP contribution in [0.3, 0.4) is 0 Å². The van der Waals surface area contributed by atoms with Crippen LogP contribution in [0, 0.1) is 5.41 Å². The fourth-order valence-corrected chi connectivity index (χ4v) is 4.77. The highest BCUT2D eigenvalue weighted by atomic mass is 32.2. The molecule has 144 valence electrons. The molecule has 2 atom stereocenters. The summed E-state index contributed by atoms with van der Waals surface area (Å²) in [5.41, 5.74) is -1.16. The fourth-order valence-electron chi connectivity index (χ4n) is 1.99. The Morgan fingerprint density at radius 1 is 1.08 bits per heavy atom. The Labute approximate surface area is 142 Å². The van der Waals surface area contributed by atoms with Gasteiger partial charge in [0.2, 0.25) is 15.9 Å². The molecule has 0 saturated carbocycles. The van der Waals surface area contributed by atoms with Gasteiger partial charge in [-0.25, -0.2) is 17.2 Å². The molecule has 0 aliphatic heterocycles. The molecule has 2 N–H and O–H groups in total. The topological polar surface area (TPSA) is 118 Å².